The van der Waals surface area contributed by atoms with Crippen molar-refractivity contribution in [1.82, 2.24) is 5.32 Å². The molecule has 2 atom stereocenters. The second-order valence-electron chi connectivity index (χ2n) is 6.20. The van der Waals surface area contributed by atoms with Gasteiger partial charge in [-0.3, -0.25) is 10.1 Å². The Morgan fingerprint density at radius 3 is 1.79 bits per heavy atom. The fourth-order valence-electron chi connectivity index (χ4n) is 3.03. The third kappa shape index (κ3) is 4.92. The monoisotopic (exact) mass is 382 g/mol. The maximum absolute atomic E-state index is 12.4. The quantitative estimate of drug-likeness (QED) is 0.614. The van der Waals surface area contributed by atoms with Crippen molar-refractivity contribution in [2.45, 2.75) is 18.7 Å². The van der Waals surface area contributed by atoms with E-state index in [9.17, 15) is 13.6 Å². The minimum atomic E-state index is -2.88. The molecule has 0 saturated carbocycles. The van der Waals surface area contributed by atoms with Crippen LogP contribution in [0.4, 0.5) is 8.78 Å². The molecule has 0 saturated heterocycles. The summed E-state index contributed by atoms with van der Waals surface area (Å²) in [6, 6.07) is 23.9. The number of primary amides is 1. The molecule has 0 aliphatic rings. The van der Waals surface area contributed by atoms with Crippen molar-refractivity contribution in [2.75, 3.05) is 0 Å². The first-order chi connectivity index (χ1) is 13.5. The maximum Gasteiger partial charge on any atom is 0.387 e. The Balaban J connectivity index is 1.94. The Labute approximate surface area is 162 Å². The van der Waals surface area contributed by atoms with Crippen molar-refractivity contribution in [3.8, 4) is 5.75 Å². The predicted molar refractivity (Wildman–Crippen MR) is 103 cm³/mol. The summed E-state index contributed by atoms with van der Waals surface area (Å²) >= 11 is 0. The molecule has 2 unspecified atom stereocenters. The van der Waals surface area contributed by atoms with Crippen molar-refractivity contribution in [1.29, 1.82) is 0 Å². The zero-order valence-corrected chi connectivity index (χ0v) is 15.0. The van der Waals surface area contributed by atoms with E-state index in [1.54, 1.807) is 12.1 Å². The second kappa shape index (κ2) is 9.10. The van der Waals surface area contributed by atoms with Gasteiger partial charge in [0.05, 0.1) is 6.04 Å². The van der Waals surface area contributed by atoms with Gasteiger partial charge in [0.2, 0.25) is 5.91 Å². The van der Waals surface area contributed by atoms with E-state index in [1.165, 1.54) is 12.1 Å². The fourth-order valence-corrected chi connectivity index (χ4v) is 3.03. The van der Waals surface area contributed by atoms with E-state index in [4.69, 9.17) is 5.73 Å². The van der Waals surface area contributed by atoms with E-state index in [-0.39, 0.29) is 11.8 Å². The van der Waals surface area contributed by atoms with Gasteiger partial charge in [0.25, 0.3) is 0 Å². The Morgan fingerprint density at radius 1 is 0.786 bits per heavy atom. The van der Waals surface area contributed by atoms with Gasteiger partial charge in [-0.05, 0) is 28.8 Å². The summed E-state index contributed by atoms with van der Waals surface area (Å²) in [4.78, 5) is 12.1. The predicted octanol–water partition coefficient (Wildman–Crippen LogP) is 4.19. The van der Waals surface area contributed by atoms with E-state index < -0.39 is 18.6 Å². The molecule has 28 heavy (non-hydrogen) atoms. The molecule has 1 amide bonds. The first-order valence-electron chi connectivity index (χ1n) is 8.74. The summed E-state index contributed by atoms with van der Waals surface area (Å²) in [5.41, 5.74) is 8.09. The standard InChI is InChI=1S/C22H20F2N2O2/c23-22(24)28-18-13-11-17(12-14-18)19(15-7-3-1-4-8-15)26-20(21(25)27)16-9-5-2-6-10-16/h1-14,19-20,22,26H,(H2,25,27). The maximum atomic E-state index is 12.4. The Hall–Kier alpha value is -3.25. The van der Waals surface area contributed by atoms with Crippen molar-refractivity contribution in [2.24, 2.45) is 5.73 Å². The lowest BCUT2D eigenvalue weighted by atomic mass is 9.96. The Kier molecular flexibility index (Phi) is 6.34. The number of amides is 1. The number of halogens is 2. The normalized spacial score (nSPS) is 13.1. The van der Waals surface area contributed by atoms with Crippen molar-refractivity contribution in [3.63, 3.8) is 0 Å². The number of hydrogen-bond acceptors (Lipinski definition) is 3. The van der Waals surface area contributed by atoms with Crippen molar-refractivity contribution < 1.29 is 18.3 Å². The van der Waals surface area contributed by atoms with Crippen LogP contribution in [0.5, 0.6) is 5.75 Å². The molecule has 0 radical (unpaired) electrons. The second-order valence-corrected chi connectivity index (χ2v) is 6.20. The van der Waals surface area contributed by atoms with Crippen LogP contribution in [0.2, 0.25) is 0 Å². The molecule has 3 N–H and O–H groups in total. The van der Waals surface area contributed by atoms with Gasteiger partial charge >= 0.3 is 6.61 Å². The minimum Gasteiger partial charge on any atom is -0.435 e. The van der Waals surface area contributed by atoms with Crippen LogP contribution in [0.25, 0.3) is 0 Å². The highest BCUT2D eigenvalue weighted by Crippen LogP contribution is 2.28. The van der Waals surface area contributed by atoms with Gasteiger partial charge in [0.1, 0.15) is 11.8 Å². The van der Waals surface area contributed by atoms with Gasteiger partial charge in [0, 0.05) is 0 Å². The van der Waals surface area contributed by atoms with Crippen LogP contribution in [-0.4, -0.2) is 12.5 Å². The third-order valence-electron chi connectivity index (χ3n) is 4.32. The molecular weight excluding hydrogens is 362 g/mol. The number of rotatable bonds is 8. The van der Waals surface area contributed by atoms with Crippen LogP contribution >= 0.6 is 0 Å². The van der Waals surface area contributed by atoms with Crippen LogP contribution in [0, 0.1) is 0 Å². The lowest BCUT2D eigenvalue weighted by molar-refractivity contribution is -0.120. The van der Waals surface area contributed by atoms with Crippen LogP contribution in [0.1, 0.15) is 28.8 Å². The number of ether oxygens (including phenoxy) is 1. The van der Waals surface area contributed by atoms with Crippen LogP contribution in [0.3, 0.4) is 0 Å². The van der Waals surface area contributed by atoms with Gasteiger partial charge in [-0.15, -0.1) is 0 Å². The average molecular weight is 382 g/mol. The first kappa shape index (κ1) is 19.5. The van der Waals surface area contributed by atoms with E-state index in [1.807, 2.05) is 60.7 Å². The summed E-state index contributed by atoms with van der Waals surface area (Å²) in [6.45, 7) is -2.88. The molecule has 0 heterocycles. The van der Waals surface area contributed by atoms with E-state index in [2.05, 4.69) is 10.1 Å². The first-order valence-corrected chi connectivity index (χ1v) is 8.74. The fraction of sp³-hybridized carbons (Fsp3) is 0.136. The highest BCUT2D eigenvalue weighted by Gasteiger charge is 2.24. The highest BCUT2D eigenvalue weighted by atomic mass is 19.3. The molecule has 0 aliphatic carbocycles. The zero-order valence-electron chi connectivity index (χ0n) is 15.0. The number of benzene rings is 3. The van der Waals surface area contributed by atoms with Crippen LogP contribution in [0.15, 0.2) is 84.9 Å². The molecule has 0 bridgehead atoms. The largest absolute Gasteiger partial charge is 0.435 e. The summed E-state index contributed by atoms with van der Waals surface area (Å²) in [5, 5.41) is 3.30. The molecule has 144 valence electrons. The molecule has 0 fully saturated rings. The van der Waals surface area contributed by atoms with Crippen molar-refractivity contribution in [3.05, 3.63) is 102 Å². The minimum absolute atomic E-state index is 0.0695. The topological polar surface area (TPSA) is 64.4 Å². The summed E-state index contributed by atoms with van der Waals surface area (Å²) in [6.07, 6.45) is 0. The molecule has 0 aromatic heterocycles. The van der Waals surface area contributed by atoms with Crippen LogP contribution in [-0.2, 0) is 4.79 Å². The molecule has 0 aliphatic heterocycles. The molecule has 3 rings (SSSR count). The number of nitrogens with two attached hydrogens (primary N) is 1. The molecule has 0 spiro atoms. The van der Waals surface area contributed by atoms with Gasteiger partial charge in [-0.2, -0.15) is 8.78 Å². The number of alkyl halides is 2. The number of carbonyl (C=O) groups is 1. The molecule has 4 nitrogen and oxygen atoms in total. The lowest BCUT2D eigenvalue weighted by Gasteiger charge is -2.25. The lowest BCUT2D eigenvalue weighted by Crippen LogP contribution is -2.36. The number of hydrogen-bond donors (Lipinski definition) is 2. The number of carbonyl (C=O) groups excluding carboxylic acids is 1. The smallest absolute Gasteiger partial charge is 0.387 e. The van der Waals surface area contributed by atoms with Gasteiger partial charge in [0.15, 0.2) is 0 Å². The van der Waals surface area contributed by atoms with Gasteiger partial charge in [-0.25, -0.2) is 0 Å². The highest BCUT2D eigenvalue weighted by molar-refractivity contribution is 5.81. The van der Waals surface area contributed by atoms with Crippen molar-refractivity contribution >= 4 is 5.91 Å². The Morgan fingerprint density at radius 2 is 1.29 bits per heavy atom. The van der Waals surface area contributed by atoms with Crippen LogP contribution < -0.4 is 15.8 Å². The zero-order chi connectivity index (χ0) is 19.9. The summed E-state index contributed by atoms with van der Waals surface area (Å²) in [7, 11) is 0. The van der Waals surface area contributed by atoms with E-state index in [0.717, 1.165) is 16.7 Å². The molecule has 3 aromatic carbocycles. The van der Waals surface area contributed by atoms with Gasteiger partial charge < -0.3 is 10.5 Å². The van der Waals surface area contributed by atoms with E-state index >= 15 is 0 Å². The summed E-state index contributed by atoms with van der Waals surface area (Å²) < 4.78 is 29.2. The molecule has 6 heteroatoms. The number of nitrogens with one attached hydrogen (secondary N) is 1. The molecular formula is C22H20F2N2O2. The SMILES string of the molecule is NC(=O)C(NC(c1ccccc1)c1ccc(OC(F)F)cc1)c1ccccc1. The third-order valence-corrected chi connectivity index (χ3v) is 4.32. The van der Waals surface area contributed by atoms with E-state index in [0.29, 0.717) is 0 Å². The molecule has 3 aromatic rings. The van der Waals surface area contributed by atoms with Gasteiger partial charge in [-0.1, -0.05) is 72.8 Å². The Bertz CT molecular complexity index is 887. The average Bonchev–Trinajstić information content (AvgIpc) is 2.70. The summed E-state index contributed by atoms with van der Waals surface area (Å²) in [5.74, 6) is -0.440.